The molecule has 6 rings (SSSR count). The van der Waals surface area contributed by atoms with E-state index in [4.69, 9.17) is 0 Å². The Hall–Kier alpha value is -3.45. The Balaban J connectivity index is 1.39. The number of hydrogen-bond donors (Lipinski definition) is 1. The molecule has 2 aromatic carbocycles. The second-order valence-electron chi connectivity index (χ2n) is 8.92. The summed E-state index contributed by atoms with van der Waals surface area (Å²) in [6.07, 6.45) is 5.05. The zero-order valence-electron chi connectivity index (χ0n) is 18.4. The molecular formula is C26H25F2N5. The molecule has 33 heavy (non-hydrogen) atoms. The zero-order chi connectivity index (χ0) is 22.5. The molecule has 2 aliphatic heterocycles. The van der Waals surface area contributed by atoms with E-state index in [9.17, 15) is 8.78 Å². The molecule has 1 saturated heterocycles. The van der Waals surface area contributed by atoms with Gasteiger partial charge in [-0.25, -0.2) is 13.8 Å². The summed E-state index contributed by atoms with van der Waals surface area (Å²) in [5.74, 6) is 0.628. The first-order valence-electron chi connectivity index (χ1n) is 11.3. The Morgan fingerprint density at radius 3 is 2.73 bits per heavy atom. The number of imidazole rings is 1. The molecule has 2 aliphatic rings. The van der Waals surface area contributed by atoms with E-state index in [2.05, 4.69) is 54.8 Å². The topological polar surface area (TPSA) is 38.0 Å². The van der Waals surface area contributed by atoms with Gasteiger partial charge in [-0.3, -0.25) is 4.57 Å². The van der Waals surface area contributed by atoms with Crippen molar-refractivity contribution in [2.24, 2.45) is 5.92 Å². The molecule has 0 amide bonds. The van der Waals surface area contributed by atoms with Crippen LogP contribution in [0.15, 0.2) is 67.1 Å². The van der Waals surface area contributed by atoms with Crippen LogP contribution in [0.2, 0.25) is 0 Å². The van der Waals surface area contributed by atoms with Crippen molar-refractivity contribution >= 4 is 5.69 Å². The van der Waals surface area contributed by atoms with Gasteiger partial charge in [0.2, 0.25) is 0 Å². The lowest BCUT2D eigenvalue weighted by Gasteiger charge is -2.20. The van der Waals surface area contributed by atoms with Crippen molar-refractivity contribution in [3.8, 4) is 28.3 Å². The Morgan fingerprint density at radius 2 is 1.91 bits per heavy atom. The second kappa shape index (κ2) is 7.85. The van der Waals surface area contributed by atoms with Crippen molar-refractivity contribution in [1.29, 1.82) is 0 Å². The lowest BCUT2D eigenvalue weighted by atomic mass is 10.1. The van der Waals surface area contributed by atoms with E-state index in [1.807, 2.05) is 19.4 Å². The number of rotatable bonds is 4. The standard InChI is InChI=1S/C26H25F2N5/c1-29-12-20-15-31(16-23(20)28)22-6-7-24-19(10-22)14-32-13-18(17-2-4-21(27)5-3-17)11-25(32)26-30-8-9-33(24)26/h2-11,13,20,23,29H,12,14-16H2,1H3/t20-,23+/m0/s1. The molecule has 0 radical (unpaired) electrons. The van der Waals surface area contributed by atoms with Gasteiger partial charge >= 0.3 is 0 Å². The number of hydrogen-bond acceptors (Lipinski definition) is 3. The molecule has 4 heterocycles. The fourth-order valence-corrected chi connectivity index (χ4v) is 5.13. The molecule has 0 unspecified atom stereocenters. The van der Waals surface area contributed by atoms with Crippen molar-refractivity contribution in [1.82, 2.24) is 19.4 Å². The molecular weight excluding hydrogens is 420 g/mol. The zero-order valence-corrected chi connectivity index (χ0v) is 18.4. The van der Waals surface area contributed by atoms with Crippen LogP contribution in [-0.4, -0.2) is 47.0 Å². The predicted molar refractivity (Wildman–Crippen MR) is 126 cm³/mol. The average Bonchev–Trinajstić information content (AvgIpc) is 3.52. The minimum absolute atomic E-state index is 0.00313. The van der Waals surface area contributed by atoms with E-state index in [1.165, 1.54) is 12.1 Å². The summed E-state index contributed by atoms with van der Waals surface area (Å²) in [4.78, 5) is 6.78. The number of fused-ring (bicyclic) bond motifs is 5. The van der Waals surface area contributed by atoms with E-state index in [-0.39, 0.29) is 11.7 Å². The number of anilines is 1. The summed E-state index contributed by atoms with van der Waals surface area (Å²) >= 11 is 0. The van der Waals surface area contributed by atoms with Gasteiger partial charge in [-0.05, 0) is 54.6 Å². The van der Waals surface area contributed by atoms with E-state index in [0.29, 0.717) is 26.2 Å². The maximum atomic E-state index is 14.5. The first-order chi connectivity index (χ1) is 16.1. The van der Waals surface area contributed by atoms with Crippen LogP contribution in [0, 0.1) is 11.7 Å². The highest BCUT2D eigenvalue weighted by atomic mass is 19.1. The lowest BCUT2D eigenvalue weighted by molar-refractivity contribution is 0.280. The Labute approximate surface area is 191 Å². The van der Waals surface area contributed by atoms with Gasteiger partial charge in [0, 0.05) is 61.9 Å². The maximum absolute atomic E-state index is 14.5. The van der Waals surface area contributed by atoms with Crippen LogP contribution in [0.1, 0.15) is 5.56 Å². The van der Waals surface area contributed by atoms with Crippen LogP contribution in [0.25, 0.3) is 28.3 Å². The molecule has 2 atom stereocenters. The van der Waals surface area contributed by atoms with Crippen molar-refractivity contribution in [2.75, 3.05) is 31.6 Å². The molecule has 168 valence electrons. The molecule has 1 N–H and O–H groups in total. The normalized spacial score (nSPS) is 19.2. The highest BCUT2D eigenvalue weighted by molar-refractivity contribution is 5.72. The first kappa shape index (κ1) is 20.2. The van der Waals surface area contributed by atoms with E-state index in [0.717, 1.165) is 39.6 Å². The fraction of sp³-hybridized carbons (Fsp3) is 0.269. The minimum atomic E-state index is -0.828. The van der Waals surface area contributed by atoms with Gasteiger partial charge in [0.05, 0.1) is 11.4 Å². The number of benzene rings is 2. The summed E-state index contributed by atoms with van der Waals surface area (Å²) in [5.41, 5.74) is 6.28. The van der Waals surface area contributed by atoms with Crippen molar-refractivity contribution in [2.45, 2.75) is 12.7 Å². The Kier molecular flexibility index (Phi) is 4.80. The highest BCUT2D eigenvalue weighted by Gasteiger charge is 2.33. The number of aromatic nitrogens is 3. The van der Waals surface area contributed by atoms with Gasteiger partial charge in [-0.15, -0.1) is 0 Å². The van der Waals surface area contributed by atoms with Crippen molar-refractivity contribution in [3.05, 3.63) is 78.5 Å². The van der Waals surface area contributed by atoms with Gasteiger partial charge in [0.25, 0.3) is 0 Å². The lowest BCUT2D eigenvalue weighted by Crippen LogP contribution is -2.26. The van der Waals surface area contributed by atoms with Gasteiger partial charge in [-0.1, -0.05) is 12.1 Å². The van der Waals surface area contributed by atoms with Gasteiger partial charge in [0.15, 0.2) is 5.82 Å². The molecule has 4 aromatic rings. The SMILES string of the molecule is CNC[C@H]1CN(c2ccc3c(c2)Cn2cc(-c4ccc(F)cc4)cc2-c2nccn2-3)C[C@H]1F. The quantitative estimate of drug-likeness (QED) is 0.443. The third kappa shape index (κ3) is 3.43. The average molecular weight is 446 g/mol. The molecule has 2 aromatic heterocycles. The van der Waals surface area contributed by atoms with Gasteiger partial charge in [-0.2, -0.15) is 0 Å². The third-order valence-electron chi connectivity index (χ3n) is 6.80. The van der Waals surface area contributed by atoms with E-state index < -0.39 is 6.17 Å². The molecule has 1 fully saturated rings. The van der Waals surface area contributed by atoms with Crippen LogP contribution in [0.5, 0.6) is 0 Å². The summed E-state index contributed by atoms with van der Waals surface area (Å²) < 4.78 is 32.2. The summed E-state index contributed by atoms with van der Waals surface area (Å²) in [6, 6.07) is 15.0. The number of nitrogens with zero attached hydrogens (tertiary/aromatic N) is 4. The first-order valence-corrected chi connectivity index (χ1v) is 11.3. The number of alkyl halides is 1. The minimum Gasteiger partial charge on any atom is -0.368 e. The smallest absolute Gasteiger partial charge is 0.161 e. The molecule has 7 heteroatoms. The monoisotopic (exact) mass is 445 g/mol. The summed E-state index contributed by atoms with van der Waals surface area (Å²) in [7, 11) is 1.87. The van der Waals surface area contributed by atoms with Crippen LogP contribution in [-0.2, 0) is 6.54 Å². The number of nitrogens with one attached hydrogen (secondary N) is 1. The maximum Gasteiger partial charge on any atom is 0.161 e. The van der Waals surface area contributed by atoms with Crippen LogP contribution < -0.4 is 10.2 Å². The van der Waals surface area contributed by atoms with E-state index >= 15 is 0 Å². The molecule has 0 saturated carbocycles. The summed E-state index contributed by atoms with van der Waals surface area (Å²) in [5, 5.41) is 3.11. The van der Waals surface area contributed by atoms with Gasteiger partial charge in [0.1, 0.15) is 12.0 Å². The van der Waals surface area contributed by atoms with Crippen molar-refractivity contribution in [3.63, 3.8) is 0 Å². The second-order valence-corrected chi connectivity index (χ2v) is 8.92. The fourth-order valence-electron chi connectivity index (χ4n) is 5.13. The summed E-state index contributed by atoms with van der Waals surface area (Å²) in [6.45, 7) is 2.49. The van der Waals surface area contributed by atoms with Crippen LogP contribution >= 0.6 is 0 Å². The molecule has 0 spiro atoms. The van der Waals surface area contributed by atoms with Crippen LogP contribution in [0.4, 0.5) is 14.5 Å². The van der Waals surface area contributed by atoms with E-state index in [1.54, 1.807) is 12.1 Å². The molecule has 0 bridgehead atoms. The van der Waals surface area contributed by atoms with Crippen LogP contribution in [0.3, 0.4) is 0 Å². The van der Waals surface area contributed by atoms with Gasteiger partial charge < -0.3 is 14.8 Å². The molecule has 0 aliphatic carbocycles. The molecule has 5 nitrogen and oxygen atoms in total. The highest BCUT2D eigenvalue weighted by Crippen LogP contribution is 2.36. The third-order valence-corrected chi connectivity index (χ3v) is 6.80. The predicted octanol–water partition coefficient (Wildman–Crippen LogP) is 4.50. The Morgan fingerprint density at radius 1 is 1.06 bits per heavy atom. The Bertz CT molecular complexity index is 1310. The largest absolute Gasteiger partial charge is 0.368 e. The number of halogens is 2. The van der Waals surface area contributed by atoms with Crippen molar-refractivity contribution < 1.29 is 8.78 Å².